The normalized spacial score (nSPS) is 12.3. The number of benzene rings is 5. The molecule has 1 nitrogen and oxygen atoms in total. The average molecular weight is 591 g/mol. The van der Waals surface area contributed by atoms with E-state index >= 15 is 0 Å². The molecule has 0 radical (unpaired) electrons. The van der Waals surface area contributed by atoms with Crippen LogP contribution in [0.2, 0.25) is 0 Å². The standard InChI is InChI=1S/C33H24Cl2FNP.ClH/c34-31(25-21-23-27(36)24-22-25)33(37-32(35)26-13-5-1-6-14-26)38(28-15-7-2-8-16-28,29-17-9-3-10-18-29)30-19-11-4-12-20-30;/h1-24H;1H/q+1;/p-1/b33-31+,37-32-;. The number of hydrogen-bond donors (Lipinski definition) is 0. The van der Waals surface area contributed by atoms with Crippen LogP contribution in [-0.2, 0) is 0 Å². The molecule has 5 aromatic rings. The zero-order chi connectivity index (χ0) is 26.4. The van der Waals surface area contributed by atoms with Crippen molar-refractivity contribution in [2.24, 2.45) is 4.99 Å². The van der Waals surface area contributed by atoms with Gasteiger partial charge in [0.1, 0.15) is 31.9 Å². The van der Waals surface area contributed by atoms with E-state index < -0.39 is 7.26 Å². The van der Waals surface area contributed by atoms with Gasteiger partial charge in [-0.3, -0.25) is 0 Å². The van der Waals surface area contributed by atoms with E-state index in [4.69, 9.17) is 28.2 Å². The summed E-state index contributed by atoms with van der Waals surface area (Å²) in [6.07, 6.45) is 0. The Bertz CT molecular complexity index is 1460. The summed E-state index contributed by atoms with van der Waals surface area (Å²) in [5, 5.41) is 3.98. The Labute approximate surface area is 245 Å². The third-order valence-electron chi connectivity index (χ3n) is 6.26. The Morgan fingerprint density at radius 3 is 1.31 bits per heavy atom. The molecule has 0 aliphatic rings. The number of hydrogen-bond acceptors (Lipinski definition) is 1. The largest absolute Gasteiger partial charge is 1.00 e. The number of halogens is 4. The topological polar surface area (TPSA) is 12.4 Å². The fraction of sp³-hybridized carbons (Fsp3) is 0. The Morgan fingerprint density at radius 2 is 0.897 bits per heavy atom. The summed E-state index contributed by atoms with van der Waals surface area (Å²) in [6, 6.07) is 46.7. The Morgan fingerprint density at radius 1 is 0.513 bits per heavy atom. The van der Waals surface area contributed by atoms with Gasteiger partial charge in [0, 0.05) is 5.56 Å². The molecule has 0 saturated carbocycles. The van der Waals surface area contributed by atoms with Crippen LogP contribution in [0.4, 0.5) is 4.39 Å². The van der Waals surface area contributed by atoms with E-state index in [2.05, 4.69) is 36.4 Å². The van der Waals surface area contributed by atoms with Crippen LogP contribution in [0, 0.1) is 5.82 Å². The van der Waals surface area contributed by atoms with Crippen LogP contribution in [0.25, 0.3) is 5.03 Å². The van der Waals surface area contributed by atoms with Gasteiger partial charge < -0.3 is 12.4 Å². The van der Waals surface area contributed by atoms with Crippen LogP contribution in [0.3, 0.4) is 0 Å². The van der Waals surface area contributed by atoms with Gasteiger partial charge in [-0.2, -0.15) is 4.99 Å². The van der Waals surface area contributed by atoms with Gasteiger partial charge >= 0.3 is 0 Å². The summed E-state index contributed by atoms with van der Waals surface area (Å²) in [5.74, 6) is -0.333. The van der Waals surface area contributed by atoms with Gasteiger partial charge in [0.15, 0.2) is 7.26 Å². The average Bonchev–Trinajstić information content (AvgIpc) is 2.99. The highest BCUT2D eigenvalue weighted by Gasteiger charge is 2.52. The summed E-state index contributed by atoms with van der Waals surface area (Å²) < 4.78 is 13.9. The first-order chi connectivity index (χ1) is 18.6. The lowest BCUT2D eigenvalue weighted by atomic mass is 10.2. The van der Waals surface area contributed by atoms with Gasteiger partial charge in [0.05, 0.1) is 0 Å². The minimum Gasteiger partial charge on any atom is -1.00 e. The van der Waals surface area contributed by atoms with E-state index in [0.717, 1.165) is 21.5 Å². The zero-order valence-electron chi connectivity index (χ0n) is 20.8. The first-order valence-electron chi connectivity index (χ1n) is 12.1. The summed E-state index contributed by atoms with van der Waals surface area (Å²) in [4.78, 5) is 5.13. The molecule has 0 heterocycles. The molecule has 0 fully saturated rings. The molecule has 0 N–H and O–H groups in total. The summed E-state index contributed by atoms with van der Waals surface area (Å²) in [7, 11) is -2.69. The number of aliphatic imine (C=N–C) groups is 1. The van der Waals surface area contributed by atoms with Crippen molar-refractivity contribution >= 4 is 56.6 Å². The molecule has 0 spiro atoms. The molecule has 39 heavy (non-hydrogen) atoms. The molecule has 194 valence electrons. The van der Waals surface area contributed by atoms with Crippen molar-refractivity contribution in [3.8, 4) is 0 Å². The van der Waals surface area contributed by atoms with Crippen molar-refractivity contribution in [2.75, 3.05) is 0 Å². The van der Waals surface area contributed by atoms with Gasteiger partial charge in [0.2, 0.25) is 5.44 Å². The van der Waals surface area contributed by atoms with E-state index in [1.165, 1.54) is 12.1 Å². The second-order valence-corrected chi connectivity index (χ2v) is 12.6. The van der Waals surface area contributed by atoms with Crippen LogP contribution in [-0.4, -0.2) is 5.17 Å². The predicted octanol–water partition coefficient (Wildman–Crippen LogP) is 5.37. The lowest BCUT2D eigenvalue weighted by Gasteiger charge is -2.28. The van der Waals surface area contributed by atoms with Crippen molar-refractivity contribution < 1.29 is 16.8 Å². The van der Waals surface area contributed by atoms with Crippen molar-refractivity contribution in [1.82, 2.24) is 0 Å². The SMILES string of the molecule is Fc1ccc(/C(Cl)=C(/N=C(\Cl)c2ccccc2)[P+](c2ccccc2)(c2ccccc2)c2ccccc2)cc1.[Cl-]. The summed E-state index contributed by atoms with van der Waals surface area (Å²) in [6.45, 7) is 0. The van der Waals surface area contributed by atoms with Gasteiger partial charge in [-0.25, -0.2) is 4.39 Å². The quantitative estimate of drug-likeness (QED) is 0.179. The predicted molar refractivity (Wildman–Crippen MR) is 163 cm³/mol. The molecule has 0 bridgehead atoms. The maximum Gasteiger partial charge on any atom is 0.218 e. The molecule has 0 saturated heterocycles. The number of rotatable bonds is 7. The van der Waals surface area contributed by atoms with E-state index in [9.17, 15) is 4.39 Å². The third kappa shape index (κ3) is 6.01. The van der Waals surface area contributed by atoms with Gasteiger partial charge in [-0.05, 0) is 54.1 Å². The smallest absolute Gasteiger partial charge is 0.218 e. The van der Waals surface area contributed by atoms with E-state index in [0.29, 0.717) is 21.2 Å². The Balaban J connectivity index is 0.00000353. The highest BCUT2D eigenvalue weighted by molar-refractivity contribution is 7.99. The fourth-order valence-corrected chi connectivity index (χ4v) is 9.48. The van der Waals surface area contributed by atoms with Gasteiger partial charge in [0.25, 0.3) is 0 Å². The van der Waals surface area contributed by atoms with Crippen LogP contribution in [0.5, 0.6) is 0 Å². The number of nitrogens with zero attached hydrogens (tertiary/aromatic N) is 1. The second kappa shape index (κ2) is 13.2. The van der Waals surface area contributed by atoms with Crippen LogP contribution in [0.15, 0.2) is 156 Å². The fourth-order valence-electron chi connectivity index (χ4n) is 4.50. The lowest BCUT2D eigenvalue weighted by Crippen LogP contribution is -3.00. The highest BCUT2D eigenvalue weighted by Crippen LogP contribution is 2.65. The molecular weight excluding hydrogens is 567 g/mol. The monoisotopic (exact) mass is 589 g/mol. The summed E-state index contributed by atoms with van der Waals surface area (Å²) in [5.41, 5.74) is 2.09. The van der Waals surface area contributed by atoms with Crippen molar-refractivity contribution in [3.05, 3.63) is 168 Å². The molecule has 0 unspecified atom stereocenters. The van der Waals surface area contributed by atoms with Crippen molar-refractivity contribution in [2.45, 2.75) is 0 Å². The second-order valence-electron chi connectivity index (χ2n) is 8.59. The van der Waals surface area contributed by atoms with E-state index in [-0.39, 0.29) is 18.2 Å². The highest BCUT2D eigenvalue weighted by atomic mass is 35.5. The van der Waals surface area contributed by atoms with Gasteiger partial charge in [-0.15, -0.1) is 0 Å². The van der Waals surface area contributed by atoms with Gasteiger partial charge in [-0.1, -0.05) is 120 Å². The molecule has 0 atom stereocenters. The molecule has 5 rings (SSSR count). The minimum atomic E-state index is -2.69. The third-order valence-corrected chi connectivity index (χ3v) is 11.3. The molecule has 0 aliphatic carbocycles. The van der Waals surface area contributed by atoms with Crippen LogP contribution in [0.1, 0.15) is 11.1 Å². The van der Waals surface area contributed by atoms with E-state index in [1.807, 2.05) is 84.9 Å². The first-order valence-corrected chi connectivity index (χ1v) is 14.7. The molecule has 0 aromatic heterocycles. The molecular formula is C33H24Cl3FNP. The van der Waals surface area contributed by atoms with Crippen molar-refractivity contribution in [1.29, 1.82) is 0 Å². The maximum absolute atomic E-state index is 13.9. The summed E-state index contributed by atoms with van der Waals surface area (Å²) >= 11 is 14.3. The lowest BCUT2D eigenvalue weighted by molar-refractivity contribution is -0.00000771. The molecule has 5 aromatic carbocycles. The molecule has 0 amide bonds. The Hall–Kier alpha value is -3.26. The molecule has 0 aliphatic heterocycles. The zero-order valence-corrected chi connectivity index (χ0v) is 23.9. The first kappa shape index (κ1) is 28.7. The maximum atomic E-state index is 13.9. The van der Waals surface area contributed by atoms with Crippen LogP contribution < -0.4 is 28.3 Å². The van der Waals surface area contributed by atoms with Crippen LogP contribution >= 0.6 is 30.5 Å². The van der Waals surface area contributed by atoms with Crippen molar-refractivity contribution in [3.63, 3.8) is 0 Å². The minimum absolute atomic E-state index is 0. The molecule has 6 heteroatoms. The van der Waals surface area contributed by atoms with E-state index in [1.54, 1.807) is 12.1 Å². The Kier molecular flexibility index (Phi) is 9.73.